The van der Waals surface area contributed by atoms with E-state index in [2.05, 4.69) is 11.4 Å². The van der Waals surface area contributed by atoms with Crippen LogP contribution in [0.3, 0.4) is 0 Å². The molecule has 0 spiro atoms. The molecule has 3 aromatic rings. The predicted octanol–water partition coefficient (Wildman–Crippen LogP) is 5.25. The fourth-order valence-electron chi connectivity index (χ4n) is 3.69. The third-order valence-electron chi connectivity index (χ3n) is 5.24. The van der Waals surface area contributed by atoms with Crippen LogP contribution in [0.25, 0.3) is 0 Å². The second kappa shape index (κ2) is 12.3. The minimum Gasteiger partial charge on any atom is -0.352 e. The second-order valence-corrected chi connectivity index (χ2v) is 9.53. The molecule has 33 heavy (non-hydrogen) atoms. The van der Waals surface area contributed by atoms with Crippen molar-refractivity contribution < 1.29 is 9.59 Å². The molecule has 0 radical (unpaired) electrons. The molecule has 0 aliphatic carbocycles. The molecule has 0 aliphatic rings. The van der Waals surface area contributed by atoms with Crippen molar-refractivity contribution in [3.8, 4) is 0 Å². The Morgan fingerprint density at radius 2 is 1.52 bits per heavy atom. The van der Waals surface area contributed by atoms with E-state index in [-0.39, 0.29) is 23.6 Å². The number of hydrogen-bond donors (Lipinski definition) is 1. The third kappa shape index (κ3) is 7.79. The Labute approximate surface area is 201 Å². The molecule has 0 aromatic heterocycles. The van der Waals surface area contributed by atoms with Crippen LogP contribution >= 0.6 is 11.8 Å². The lowest BCUT2D eigenvalue weighted by Gasteiger charge is -2.32. The summed E-state index contributed by atoms with van der Waals surface area (Å²) in [6, 6.07) is 27.3. The number of benzene rings is 3. The highest BCUT2D eigenvalue weighted by Crippen LogP contribution is 2.21. The zero-order chi connectivity index (χ0) is 23.6. The second-order valence-electron chi connectivity index (χ2n) is 8.48. The Kier molecular flexibility index (Phi) is 9.14. The summed E-state index contributed by atoms with van der Waals surface area (Å²) in [4.78, 5) is 29.7. The molecule has 0 aliphatic heterocycles. The van der Waals surface area contributed by atoms with Crippen LogP contribution in [-0.2, 0) is 22.6 Å². The first kappa shape index (κ1) is 24.6. The Balaban J connectivity index is 1.90. The maximum absolute atomic E-state index is 13.6. The number of nitrogens with zero attached hydrogens (tertiary/aromatic N) is 1. The summed E-state index contributed by atoms with van der Waals surface area (Å²) in [5.41, 5.74) is 3.17. The Hall–Kier alpha value is -3.05. The number of amides is 2. The molecule has 4 nitrogen and oxygen atoms in total. The average Bonchev–Trinajstić information content (AvgIpc) is 2.80. The molecular formula is C28H32N2O2S. The van der Waals surface area contributed by atoms with Gasteiger partial charge in [0.05, 0.1) is 5.75 Å². The van der Waals surface area contributed by atoms with Gasteiger partial charge in [-0.15, -0.1) is 11.8 Å². The number of carbonyl (C=O) groups is 2. The van der Waals surface area contributed by atoms with Crippen LogP contribution in [0, 0.1) is 6.92 Å². The van der Waals surface area contributed by atoms with E-state index in [4.69, 9.17) is 0 Å². The first-order chi connectivity index (χ1) is 15.9. The van der Waals surface area contributed by atoms with Gasteiger partial charge in [0.25, 0.3) is 0 Å². The Morgan fingerprint density at radius 3 is 2.15 bits per heavy atom. The fourth-order valence-corrected chi connectivity index (χ4v) is 4.49. The highest BCUT2D eigenvalue weighted by molar-refractivity contribution is 8.00. The van der Waals surface area contributed by atoms with Crippen LogP contribution in [-0.4, -0.2) is 34.6 Å². The van der Waals surface area contributed by atoms with Crippen LogP contribution in [0.2, 0.25) is 0 Å². The van der Waals surface area contributed by atoms with E-state index in [1.165, 1.54) is 11.8 Å². The number of carbonyl (C=O) groups excluding carboxylic acids is 2. The van der Waals surface area contributed by atoms with Gasteiger partial charge in [-0.3, -0.25) is 9.59 Å². The van der Waals surface area contributed by atoms with E-state index in [9.17, 15) is 9.59 Å². The fraction of sp³-hybridized carbons (Fsp3) is 0.286. The number of rotatable bonds is 10. The van der Waals surface area contributed by atoms with E-state index < -0.39 is 6.04 Å². The third-order valence-corrected chi connectivity index (χ3v) is 6.24. The molecule has 1 N–H and O–H groups in total. The topological polar surface area (TPSA) is 49.4 Å². The molecule has 0 bridgehead atoms. The zero-order valence-corrected chi connectivity index (χ0v) is 20.3. The average molecular weight is 461 g/mol. The van der Waals surface area contributed by atoms with Gasteiger partial charge in [0.2, 0.25) is 11.8 Å². The van der Waals surface area contributed by atoms with Crippen molar-refractivity contribution in [3.63, 3.8) is 0 Å². The van der Waals surface area contributed by atoms with Crippen LogP contribution in [0.15, 0.2) is 89.8 Å². The van der Waals surface area contributed by atoms with E-state index >= 15 is 0 Å². The molecular weight excluding hydrogens is 428 g/mol. The Morgan fingerprint density at radius 1 is 0.879 bits per heavy atom. The monoisotopic (exact) mass is 460 g/mol. The first-order valence-corrected chi connectivity index (χ1v) is 12.3. The van der Waals surface area contributed by atoms with Gasteiger partial charge >= 0.3 is 0 Å². The molecule has 2 amide bonds. The highest BCUT2D eigenvalue weighted by Gasteiger charge is 2.30. The summed E-state index contributed by atoms with van der Waals surface area (Å²) in [5.74, 6) is 0.0977. The van der Waals surface area contributed by atoms with Gasteiger partial charge < -0.3 is 10.2 Å². The van der Waals surface area contributed by atoms with Crippen LogP contribution in [0.1, 0.15) is 30.5 Å². The highest BCUT2D eigenvalue weighted by atomic mass is 32.2. The van der Waals surface area contributed by atoms with Crippen molar-refractivity contribution in [2.75, 3.05) is 5.75 Å². The zero-order valence-electron chi connectivity index (χ0n) is 19.5. The molecule has 3 aromatic carbocycles. The SMILES string of the molecule is Cc1cccc(CN(C(=O)CSc2ccccc2)C(Cc2ccccc2)C(=O)NC(C)C)c1. The van der Waals surface area contributed by atoms with E-state index in [1.54, 1.807) is 4.90 Å². The van der Waals surface area contributed by atoms with Crippen molar-refractivity contribution in [1.29, 1.82) is 0 Å². The lowest BCUT2D eigenvalue weighted by Crippen LogP contribution is -2.52. The Bertz CT molecular complexity index is 1040. The van der Waals surface area contributed by atoms with Crippen molar-refractivity contribution in [1.82, 2.24) is 10.2 Å². The maximum atomic E-state index is 13.6. The molecule has 172 valence electrons. The molecule has 0 fully saturated rings. The largest absolute Gasteiger partial charge is 0.352 e. The van der Waals surface area contributed by atoms with Gasteiger partial charge in [-0.2, -0.15) is 0 Å². The molecule has 3 rings (SSSR count). The summed E-state index contributed by atoms with van der Waals surface area (Å²) in [6.45, 7) is 6.30. The maximum Gasteiger partial charge on any atom is 0.243 e. The number of aryl methyl sites for hydroxylation is 1. The lowest BCUT2D eigenvalue weighted by molar-refractivity contribution is -0.139. The van der Waals surface area contributed by atoms with Gasteiger partial charge in [-0.1, -0.05) is 78.4 Å². The summed E-state index contributed by atoms with van der Waals surface area (Å²) in [5, 5.41) is 3.03. The summed E-state index contributed by atoms with van der Waals surface area (Å²) in [6.07, 6.45) is 0.465. The minimum atomic E-state index is -0.598. The normalized spacial score (nSPS) is 11.8. The minimum absolute atomic E-state index is 0.00890. The van der Waals surface area contributed by atoms with E-state index in [0.29, 0.717) is 13.0 Å². The van der Waals surface area contributed by atoms with Gasteiger partial charge in [-0.25, -0.2) is 0 Å². The number of hydrogen-bond acceptors (Lipinski definition) is 3. The number of thioether (sulfide) groups is 1. The van der Waals surface area contributed by atoms with Gasteiger partial charge in [0.15, 0.2) is 0 Å². The summed E-state index contributed by atoms with van der Waals surface area (Å²) >= 11 is 1.50. The van der Waals surface area contributed by atoms with Crippen LogP contribution < -0.4 is 5.32 Å². The van der Waals surface area contributed by atoms with E-state index in [0.717, 1.165) is 21.6 Å². The summed E-state index contributed by atoms with van der Waals surface area (Å²) in [7, 11) is 0. The lowest BCUT2D eigenvalue weighted by atomic mass is 10.0. The standard InChI is InChI=1S/C28H32N2O2S/c1-21(2)29-28(32)26(18-23-12-6-4-7-13-23)30(19-24-14-10-11-22(3)17-24)27(31)20-33-25-15-8-5-9-16-25/h4-17,21,26H,18-20H2,1-3H3,(H,29,32). The van der Waals surface area contributed by atoms with Crippen LogP contribution in [0.4, 0.5) is 0 Å². The molecule has 0 heterocycles. The van der Waals surface area contributed by atoms with Crippen LogP contribution in [0.5, 0.6) is 0 Å². The van der Waals surface area contributed by atoms with Gasteiger partial charge in [0.1, 0.15) is 6.04 Å². The molecule has 0 saturated carbocycles. The quantitative estimate of drug-likeness (QED) is 0.420. The molecule has 5 heteroatoms. The van der Waals surface area contributed by atoms with Crippen molar-refractivity contribution in [2.24, 2.45) is 0 Å². The van der Waals surface area contributed by atoms with E-state index in [1.807, 2.05) is 99.6 Å². The van der Waals surface area contributed by atoms with Crippen molar-refractivity contribution in [3.05, 3.63) is 102 Å². The smallest absolute Gasteiger partial charge is 0.243 e. The molecule has 0 saturated heterocycles. The predicted molar refractivity (Wildman–Crippen MR) is 136 cm³/mol. The molecule has 1 unspecified atom stereocenters. The first-order valence-electron chi connectivity index (χ1n) is 11.3. The van der Waals surface area contributed by atoms with Crippen molar-refractivity contribution in [2.45, 2.75) is 50.7 Å². The van der Waals surface area contributed by atoms with Crippen molar-refractivity contribution >= 4 is 23.6 Å². The number of nitrogens with one attached hydrogen (secondary N) is 1. The summed E-state index contributed by atoms with van der Waals surface area (Å²) < 4.78 is 0. The molecule has 1 atom stereocenters. The van der Waals surface area contributed by atoms with Gasteiger partial charge in [-0.05, 0) is 44.0 Å². The van der Waals surface area contributed by atoms with Gasteiger partial charge in [0, 0.05) is 23.9 Å².